The van der Waals surface area contributed by atoms with Crippen molar-refractivity contribution < 1.29 is 4.43 Å². The van der Waals surface area contributed by atoms with Crippen LogP contribution in [0.3, 0.4) is 0 Å². The first-order chi connectivity index (χ1) is 14.7. The molecule has 3 nitrogen and oxygen atoms in total. The summed E-state index contributed by atoms with van der Waals surface area (Å²) in [5.41, 5.74) is 4.55. The predicted octanol–water partition coefficient (Wildman–Crippen LogP) is 7.92. The molecular formula is C26H43ClN2OSi. The second kappa shape index (κ2) is 8.33. The maximum Gasteiger partial charge on any atom is 0.193 e. The zero-order valence-electron chi connectivity index (χ0n) is 20.9. The lowest BCUT2D eigenvalue weighted by Gasteiger charge is -2.34. The average Bonchev–Trinajstić information content (AvgIpc) is 3.09. The highest BCUT2D eigenvalue weighted by Crippen LogP contribution is 2.79. The molecule has 0 radical (unpaired) electrons. The van der Waals surface area contributed by atoms with E-state index in [-0.39, 0.29) is 6.10 Å². The highest BCUT2D eigenvalue weighted by Gasteiger charge is 2.74. The van der Waals surface area contributed by atoms with Gasteiger partial charge >= 0.3 is 0 Å². The molecule has 1 aliphatic heterocycles. The molecule has 0 saturated heterocycles. The molecule has 0 N–H and O–H groups in total. The minimum atomic E-state index is -1.73. The molecule has 4 rings (SSSR count). The molecule has 1 aromatic rings. The van der Waals surface area contributed by atoms with Crippen molar-refractivity contribution in [1.82, 2.24) is 4.98 Å². The van der Waals surface area contributed by atoms with Gasteiger partial charge in [0.2, 0.25) is 0 Å². The molecule has 0 spiro atoms. The predicted molar refractivity (Wildman–Crippen MR) is 135 cm³/mol. The Kier molecular flexibility index (Phi) is 6.33. The van der Waals surface area contributed by atoms with E-state index in [1.54, 1.807) is 0 Å². The van der Waals surface area contributed by atoms with Gasteiger partial charge in [-0.2, -0.15) is 0 Å². The topological polar surface area (TPSA) is 25.4 Å². The number of halogens is 1. The highest BCUT2D eigenvalue weighted by molar-refractivity contribution is 6.73. The third-order valence-corrected chi connectivity index (χ3v) is 14.6. The Morgan fingerprint density at radius 2 is 1.87 bits per heavy atom. The van der Waals surface area contributed by atoms with E-state index in [2.05, 4.69) is 64.4 Å². The summed E-state index contributed by atoms with van der Waals surface area (Å²) in [5, 5.41) is 0.665. The fourth-order valence-electron chi connectivity index (χ4n) is 7.37. The van der Waals surface area contributed by atoms with Crippen molar-refractivity contribution in [1.29, 1.82) is 0 Å². The molecule has 174 valence electrons. The second-order valence-electron chi connectivity index (χ2n) is 11.1. The highest BCUT2D eigenvalue weighted by atomic mass is 35.5. The Morgan fingerprint density at radius 3 is 2.48 bits per heavy atom. The summed E-state index contributed by atoms with van der Waals surface area (Å²) in [7, 11) is -1.73. The van der Waals surface area contributed by atoms with Crippen LogP contribution >= 0.6 is 11.6 Å². The number of aryl methyl sites for hydroxylation is 1. The van der Waals surface area contributed by atoms with Gasteiger partial charge in [0.25, 0.3) is 0 Å². The van der Waals surface area contributed by atoms with Gasteiger partial charge in [0.05, 0.1) is 6.10 Å². The summed E-state index contributed by atoms with van der Waals surface area (Å²) >= 11 is 6.78. The maximum atomic E-state index is 7.03. The number of fused-ring (bicyclic) bond motifs is 2. The van der Waals surface area contributed by atoms with Gasteiger partial charge in [-0.1, -0.05) is 66.0 Å². The van der Waals surface area contributed by atoms with Gasteiger partial charge < -0.3 is 9.33 Å². The summed E-state index contributed by atoms with van der Waals surface area (Å²) in [6.07, 6.45) is 6.79. The van der Waals surface area contributed by atoms with E-state index in [4.69, 9.17) is 16.0 Å². The monoisotopic (exact) mass is 462 g/mol. The summed E-state index contributed by atoms with van der Waals surface area (Å²) in [4.78, 5) is 7.32. The largest absolute Gasteiger partial charge is 0.408 e. The molecule has 31 heavy (non-hydrogen) atoms. The van der Waals surface area contributed by atoms with Crippen LogP contribution < -0.4 is 4.90 Å². The number of hydrogen-bond acceptors (Lipinski definition) is 3. The van der Waals surface area contributed by atoms with Crippen LogP contribution in [0.2, 0.25) is 23.3 Å². The third kappa shape index (κ3) is 3.60. The van der Waals surface area contributed by atoms with Crippen LogP contribution in [0, 0.1) is 23.7 Å². The summed E-state index contributed by atoms with van der Waals surface area (Å²) in [6, 6.07) is 6.39. The first kappa shape index (κ1) is 23.6. The number of anilines is 1. The Hall–Kier alpha value is -0.583. The zero-order valence-corrected chi connectivity index (χ0v) is 22.6. The second-order valence-corrected chi connectivity index (χ2v) is 16.2. The van der Waals surface area contributed by atoms with Crippen LogP contribution in [0.15, 0.2) is 6.07 Å². The number of rotatable bonds is 9. The molecule has 2 heterocycles. The van der Waals surface area contributed by atoms with Crippen LogP contribution in [-0.4, -0.2) is 25.9 Å². The lowest BCUT2D eigenvalue weighted by atomic mass is 9.85. The van der Waals surface area contributed by atoms with Crippen molar-refractivity contribution in [2.45, 2.75) is 111 Å². The average molecular weight is 463 g/mol. The van der Waals surface area contributed by atoms with Gasteiger partial charge in [0, 0.05) is 29.5 Å². The van der Waals surface area contributed by atoms with Crippen molar-refractivity contribution in [2.75, 3.05) is 11.4 Å². The lowest BCUT2D eigenvalue weighted by Crippen LogP contribution is -2.40. The number of hydrogen-bond donors (Lipinski definition) is 0. The molecule has 5 heteroatoms. The smallest absolute Gasteiger partial charge is 0.193 e. The van der Waals surface area contributed by atoms with Crippen molar-refractivity contribution in [3.05, 3.63) is 22.5 Å². The molecule has 0 aromatic carbocycles. The van der Waals surface area contributed by atoms with Crippen molar-refractivity contribution in [3.8, 4) is 0 Å². The molecule has 4 unspecified atom stereocenters. The normalized spacial score (nSPS) is 31.1. The van der Waals surface area contributed by atoms with Crippen molar-refractivity contribution in [3.63, 3.8) is 0 Å². The van der Waals surface area contributed by atoms with Gasteiger partial charge in [0.15, 0.2) is 8.32 Å². The molecule has 2 aliphatic carbocycles. The first-order valence-corrected chi connectivity index (χ1v) is 15.7. The maximum absolute atomic E-state index is 7.03. The van der Waals surface area contributed by atoms with E-state index < -0.39 is 8.32 Å². The first-order valence-electron chi connectivity index (χ1n) is 12.8. The fraction of sp³-hybridized carbons (Fsp3) is 0.808. The van der Waals surface area contributed by atoms with E-state index >= 15 is 0 Å². The van der Waals surface area contributed by atoms with Gasteiger partial charge in [-0.15, -0.1) is 0 Å². The summed E-state index contributed by atoms with van der Waals surface area (Å²) in [6.45, 7) is 17.3. The Bertz CT molecular complexity index is 816. The van der Waals surface area contributed by atoms with Gasteiger partial charge in [-0.05, 0) is 67.1 Å². The number of aromatic nitrogens is 1. The Morgan fingerprint density at radius 1 is 1.19 bits per heavy atom. The van der Waals surface area contributed by atoms with Gasteiger partial charge in [-0.3, -0.25) is 0 Å². The number of pyridine rings is 1. The van der Waals surface area contributed by atoms with Crippen LogP contribution in [0.1, 0.15) is 91.0 Å². The summed E-state index contributed by atoms with van der Waals surface area (Å²) < 4.78 is 7.03. The minimum Gasteiger partial charge on any atom is -0.408 e. The third-order valence-electron chi connectivity index (χ3n) is 9.70. The van der Waals surface area contributed by atoms with Gasteiger partial charge in [-0.25, -0.2) is 4.98 Å². The van der Waals surface area contributed by atoms with Crippen LogP contribution in [0.5, 0.6) is 0 Å². The molecule has 2 fully saturated rings. The zero-order chi connectivity index (χ0) is 22.6. The van der Waals surface area contributed by atoms with Crippen LogP contribution in [-0.2, 0) is 4.43 Å². The molecular weight excluding hydrogens is 420 g/mol. The molecule has 0 bridgehead atoms. The molecule has 2 saturated carbocycles. The van der Waals surface area contributed by atoms with E-state index in [0.29, 0.717) is 22.0 Å². The minimum absolute atomic E-state index is 0.0821. The fourth-order valence-corrected chi connectivity index (χ4v) is 10.5. The van der Waals surface area contributed by atoms with Crippen molar-refractivity contribution in [2.24, 2.45) is 16.7 Å². The quantitative estimate of drug-likeness (QED) is 0.275. The number of nitrogens with zero attached hydrogens (tertiary/aromatic N) is 2. The number of unbranched alkanes of at least 4 members (excludes halogenated alkanes) is 1. The van der Waals surface area contributed by atoms with Gasteiger partial charge in [0.1, 0.15) is 5.15 Å². The molecule has 1 aromatic heterocycles. The SMILES string of the molecule is CCCCC12CC(N3CC(O[Si](CC)(CC)CC)c4c3cc(C)nc4Cl)CC1C2(C)C. The Labute approximate surface area is 196 Å². The standard InChI is InChI=1S/C26H43ClN2OSi/c1-8-12-13-26-16-19(15-22(26)25(26,6)7)29-17-21(30-31(9-2,10-3)11-4)23-20(29)14-18(5)28-24(23)27/h14,19,21-22H,8-13,15-17H2,1-7H3. The van der Waals surface area contributed by atoms with Crippen molar-refractivity contribution >= 4 is 25.6 Å². The van der Waals surface area contributed by atoms with E-state index in [1.165, 1.54) is 61.5 Å². The van der Waals surface area contributed by atoms with Crippen LogP contribution in [0.4, 0.5) is 5.69 Å². The van der Waals surface area contributed by atoms with E-state index in [9.17, 15) is 0 Å². The van der Waals surface area contributed by atoms with E-state index in [0.717, 1.165) is 18.2 Å². The molecule has 0 amide bonds. The molecule has 3 aliphatic rings. The van der Waals surface area contributed by atoms with Crippen LogP contribution in [0.25, 0.3) is 0 Å². The van der Waals surface area contributed by atoms with E-state index in [1.807, 2.05) is 0 Å². The molecule has 4 atom stereocenters. The lowest BCUT2D eigenvalue weighted by molar-refractivity contribution is 0.200. The Balaban J connectivity index is 1.62. The summed E-state index contributed by atoms with van der Waals surface area (Å²) in [5.74, 6) is 0.869.